The van der Waals surface area contributed by atoms with Crippen LogP contribution in [-0.4, -0.2) is 9.97 Å². The van der Waals surface area contributed by atoms with Gasteiger partial charge in [0.25, 0.3) is 0 Å². The van der Waals surface area contributed by atoms with Gasteiger partial charge in [0.05, 0.1) is 24.0 Å². The zero-order valence-electron chi connectivity index (χ0n) is 8.38. The van der Waals surface area contributed by atoms with E-state index >= 15 is 0 Å². The number of rotatable bonds is 2. The number of nitrogens with zero attached hydrogens (tertiary/aromatic N) is 3. The molecular weight excluding hydrogens is 202 g/mol. The number of nitrogens with two attached hydrogens (primary N) is 1. The number of anilines is 3. The van der Waals surface area contributed by atoms with Crippen LogP contribution in [0, 0.1) is 11.3 Å². The lowest BCUT2D eigenvalue weighted by Crippen LogP contribution is -1.97. The maximum absolute atomic E-state index is 8.65. The molecule has 2 rings (SSSR count). The maximum Gasteiger partial charge on any atom is 0.151 e. The first kappa shape index (κ1) is 9.93. The molecule has 0 spiro atoms. The molecule has 0 aliphatic rings. The summed E-state index contributed by atoms with van der Waals surface area (Å²) in [6, 6.07) is 9.09. The van der Waals surface area contributed by atoms with E-state index in [4.69, 9.17) is 11.0 Å². The van der Waals surface area contributed by atoms with Gasteiger partial charge in [-0.05, 0) is 24.3 Å². The third-order valence-corrected chi connectivity index (χ3v) is 1.94. The van der Waals surface area contributed by atoms with E-state index in [0.717, 1.165) is 5.69 Å². The fraction of sp³-hybridized carbons (Fsp3) is 0. The van der Waals surface area contributed by atoms with Gasteiger partial charge in [-0.25, -0.2) is 4.98 Å². The number of nitrogen functional groups attached to an aromatic ring is 1. The van der Waals surface area contributed by atoms with E-state index in [1.807, 2.05) is 0 Å². The normalized spacial score (nSPS) is 9.44. The van der Waals surface area contributed by atoms with Crippen molar-refractivity contribution in [1.82, 2.24) is 9.97 Å². The summed E-state index contributed by atoms with van der Waals surface area (Å²) < 4.78 is 0. The first-order chi connectivity index (χ1) is 7.78. The number of hydrogen-bond donors (Lipinski definition) is 2. The van der Waals surface area contributed by atoms with Crippen LogP contribution in [0.1, 0.15) is 5.56 Å². The Labute approximate surface area is 92.6 Å². The second-order valence-corrected chi connectivity index (χ2v) is 3.14. The van der Waals surface area contributed by atoms with Gasteiger partial charge in [0, 0.05) is 5.69 Å². The first-order valence-electron chi connectivity index (χ1n) is 4.62. The molecule has 0 saturated heterocycles. The molecular formula is C11H9N5. The summed E-state index contributed by atoms with van der Waals surface area (Å²) in [5, 5.41) is 11.7. The van der Waals surface area contributed by atoms with E-state index in [1.54, 1.807) is 30.5 Å². The van der Waals surface area contributed by atoms with Crippen molar-refractivity contribution in [3.8, 4) is 6.07 Å². The van der Waals surface area contributed by atoms with Gasteiger partial charge >= 0.3 is 0 Å². The number of aromatic nitrogens is 2. The molecule has 1 aromatic heterocycles. The highest BCUT2D eigenvalue weighted by molar-refractivity contribution is 5.57. The Morgan fingerprint density at radius 2 is 1.94 bits per heavy atom. The van der Waals surface area contributed by atoms with Gasteiger partial charge in [0.2, 0.25) is 0 Å². The smallest absolute Gasteiger partial charge is 0.151 e. The standard InChI is InChI=1S/C11H9N5/c12-5-8-1-3-9(4-2-8)15-11-7-14-6-10(13)16-11/h1-4,6-7H,(H3,13,15,16). The van der Waals surface area contributed by atoms with Crippen molar-refractivity contribution in [2.24, 2.45) is 0 Å². The molecule has 3 N–H and O–H groups in total. The summed E-state index contributed by atoms with van der Waals surface area (Å²) in [6.45, 7) is 0. The van der Waals surface area contributed by atoms with Crippen molar-refractivity contribution in [3.05, 3.63) is 42.2 Å². The predicted octanol–water partition coefficient (Wildman–Crippen LogP) is 1.67. The number of benzene rings is 1. The molecule has 0 atom stereocenters. The van der Waals surface area contributed by atoms with Gasteiger partial charge in [-0.3, -0.25) is 4.98 Å². The van der Waals surface area contributed by atoms with Crippen LogP contribution in [0.5, 0.6) is 0 Å². The van der Waals surface area contributed by atoms with Crippen LogP contribution in [0.15, 0.2) is 36.7 Å². The molecule has 2 aromatic rings. The lowest BCUT2D eigenvalue weighted by molar-refractivity contribution is 1.21. The first-order valence-corrected chi connectivity index (χ1v) is 4.62. The van der Waals surface area contributed by atoms with E-state index < -0.39 is 0 Å². The number of nitriles is 1. The van der Waals surface area contributed by atoms with Crippen LogP contribution in [0.4, 0.5) is 17.3 Å². The maximum atomic E-state index is 8.65. The van der Waals surface area contributed by atoms with Crippen LogP contribution in [0.3, 0.4) is 0 Å². The quantitative estimate of drug-likeness (QED) is 0.788. The summed E-state index contributed by atoms with van der Waals surface area (Å²) >= 11 is 0. The van der Waals surface area contributed by atoms with Gasteiger partial charge in [-0.15, -0.1) is 0 Å². The number of hydrogen-bond acceptors (Lipinski definition) is 5. The monoisotopic (exact) mass is 211 g/mol. The Kier molecular flexibility index (Phi) is 2.65. The average Bonchev–Trinajstić information content (AvgIpc) is 2.30. The second kappa shape index (κ2) is 4.28. The molecule has 0 amide bonds. The fourth-order valence-electron chi connectivity index (χ4n) is 1.22. The summed E-state index contributed by atoms with van der Waals surface area (Å²) in [6.07, 6.45) is 3.05. The van der Waals surface area contributed by atoms with Gasteiger partial charge in [-0.1, -0.05) is 0 Å². The van der Waals surface area contributed by atoms with E-state index in [9.17, 15) is 0 Å². The minimum absolute atomic E-state index is 0.360. The van der Waals surface area contributed by atoms with E-state index in [1.165, 1.54) is 6.20 Å². The molecule has 0 unspecified atom stereocenters. The van der Waals surface area contributed by atoms with Crippen LogP contribution in [-0.2, 0) is 0 Å². The molecule has 5 heteroatoms. The second-order valence-electron chi connectivity index (χ2n) is 3.14. The van der Waals surface area contributed by atoms with Crippen LogP contribution in [0.25, 0.3) is 0 Å². The summed E-state index contributed by atoms with van der Waals surface area (Å²) in [7, 11) is 0. The highest BCUT2D eigenvalue weighted by atomic mass is 15.0. The molecule has 0 aliphatic heterocycles. The molecule has 16 heavy (non-hydrogen) atoms. The molecule has 78 valence electrons. The topological polar surface area (TPSA) is 87.6 Å². The van der Waals surface area contributed by atoms with Crippen LogP contribution >= 0.6 is 0 Å². The minimum atomic E-state index is 0.360. The summed E-state index contributed by atoms with van der Waals surface area (Å²) in [5.41, 5.74) is 6.95. The average molecular weight is 211 g/mol. The number of nitrogens with one attached hydrogen (secondary N) is 1. The van der Waals surface area contributed by atoms with Crippen molar-refractivity contribution in [1.29, 1.82) is 5.26 Å². The zero-order chi connectivity index (χ0) is 11.4. The largest absolute Gasteiger partial charge is 0.382 e. The van der Waals surface area contributed by atoms with Crippen molar-refractivity contribution in [3.63, 3.8) is 0 Å². The Morgan fingerprint density at radius 1 is 1.19 bits per heavy atom. The zero-order valence-corrected chi connectivity index (χ0v) is 8.38. The molecule has 1 heterocycles. The van der Waals surface area contributed by atoms with E-state index in [2.05, 4.69) is 21.4 Å². The molecule has 0 bridgehead atoms. The van der Waals surface area contributed by atoms with Gasteiger partial charge < -0.3 is 11.1 Å². The third kappa shape index (κ3) is 2.25. The molecule has 0 saturated carbocycles. The van der Waals surface area contributed by atoms with Gasteiger partial charge in [-0.2, -0.15) is 5.26 Å². The van der Waals surface area contributed by atoms with Crippen molar-refractivity contribution < 1.29 is 0 Å². The molecule has 0 aliphatic carbocycles. The Hall–Kier alpha value is -2.61. The lowest BCUT2D eigenvalue weighted by Gasteiger charge is -2.04. The summed E-state index contributed by atoms with van der Waals surface area (Å²) in [4.78, 5) is 7.96. The third-order valence-electron chi connectivity index (χ3n) is 1.94. The highest BCUT2D eigenvalue weighted by Crippen LogP contribution is 2.14. The SMILES string of the molecule is N#Cc1ccc(Nc2cncc(N)n2)cc1. The molecule has 5 nitrogen and oxygen atoms in total. The van der Waals surface area contributed by atoms with Crippen molar-refractivity contribution in [2.75, 3.05) is 11.1 Å². The fourth-order valence-corrected chi connectivity index (χ4v) is 1.22. The Morgan fingerprint density at radius 3 is 2.56 bits per heavy atom. The van der Waals surface area contributed by atoms with Gasteiger partial charge in [0.15, 0.2) is 5.82 Å². The minimum Gasteiger partial charge on any atom is -0.382 e. The lowest BCUT2D eigenvalue weighted by atomic mass is 10.2. The van der Waals surface area contributed by atoms with Crippen LogP contribution < -0.4 is 11.1 Å². The summed E-state index contributed by atoms with van der Waals surface area (Å²) in [5.74, 6) is 0.934. The highest BCUT2D eigenvalue weighted by Gasteiger charge is 1.97. The predicted molar refractivity (Wildman–Crippen MR) is 60.9 cm³/mol. The van der Waals surface area contributed by atoms with Crippen LogP contribution in [0.2, 0.25) is 0 Å². The Balaban J connectivity index is 2.18. The van der Waals surface area contributed by atoms with E-state index in [0.29, 0.717) is 17.2 Å². The molecule has 0 fully saturated rings. The van der Waals surface area contributed by atoms with Crippen molar-refractivity contribution in [2.45, 2.75) is 0 Å². The molecule has 0 radical (unpaired) electrons. The Bertz CT molecular complexity index is 527. The molecule has 1 aromatic carbocycles. The van der Waals surface area contributed by atoms with E-state index in [-0.39, 0.29) is 0 Å². The van der Waals surface area contributed by atoms with Crippen molar-refractivity contribution >= 4 is 17.3 Å². The van der Waals surface area contributed by atoms with Gasteiger partial charge in [0.1, 0.15) is 5.82 Å².